The van der Waals surface area contributed by atoms with E-state index in [0.29, 0.717) is 6.42 Å². The van der Waals surface area contributed by atoms with Crippen LogP contribution in [-0.2, 0) is 14.9 Å². The van der Waals surface area contributed by atoms with Gasteiger partial charge in [0.05, 0.1) is 18.0 Å². The van der Waals surface area contributed by atoms with Gasteiger partial charge in [-0.3, -0.25) is 9.63 Å². The summed E-state index contributed by atoms with van der Waals surface area (Å²) in [6.07, 6.45) is 0.620. The fourth-order valence-corrected chi connectivity index (χ4v) is 3.87. The molecule has 0 aliphatic rings. The summed E-state index contributed by atoms with van der Waals surface area (Å²) in [7, 11) is -1.35. The lowest BCUT2D eigenvalue weighted by atomic mass is 9.85. The van der Waals surface area contributed by atoms with Crippen molar-refractivity contribution in [2.75, 3.05) is 14.2 Å². The van der Waals surface area contributed by atoms with Crippen molar-refractivity contribution >= 4 is 15.9 Å². The van der Waals surface area contributed by atoms with Gasteiger partial charge in [0, 0.05) is 12.6 Å². The summed E-state index contributed by atoms with van der Waals surface area (Å²) >= 11 is 0. The molecule has 0 saturated heterocycles. The van der Waals surface area contributed by atoms with Gasteiger partial charge in [-0.25, -0.2) is 12.8 Å². The summed E-state index contributed by atoms with van der Waals surface area (Å²) in [4.78, 5) is 17.6. The van der Waals surface area contributed by atoms with Crippen molar-refractivity contribution in [3.63, 3.8) is 0 Å². The molecule has 29 heavy (non-hydrogen) atoms. The molecule has 1 unspecified atom stereocenters. The average Bonchev–Trinajstić information content (AvgIpc) is 2.66. The Kier molecular flexibility index (Phi) is 7.15. The number of carbonyl (C=O) groups excluding carboxylic acids is 1. The van der Waals surface area contributed by atoms with E-state index < -0.39 is 15.9 Å². The van der Waals surface area contributed by atoms with Crippen molar-refractivity contribution < 1.29 is 22.4 Å². The van der Waals surface area contributed by atoms with Crippen molar-refractivity contribution in [3.8, 4) is 0 Å². The second-order valence-corrected chi connectivity index (χ2v) is 9.90. The van der Waals surface area contributed by atoms with E-state index in [-0.39, 0.29) is 27.7 Å². The molecule has 6 nitrogen and oxygen atoms in total. The largest absolute Gasteiger partial charge is 0.345 e. The van der Waals surface area contributed by atoms with Gasteiger partial charge in [0.1, 0.15) is 5.82 Å². The van der Waals surface area contributed by atoms with E-state index in [1.807, 2.05) is 20.8 Å². The number of nitrogens with zero attached hydrogens (tertiary/aromatic N) is 1. The Labute approximate surface area is 171 Å². The molecule has 0 saturated carbocycles. The minimum absolute atomic E-state index is 0.0522. The first kappa shape index (κ1) is 23.0. The van der Waals surface area contributed by atoms with Gasteiger partial charge in [0.25, 0.3) is 15.9 Å². The molecule has 0 fully saturated rings. The quantitative estimate of drug-likeness (QED) is 0.687. The summed E-state index contributed by atoms with van der Waals surface area (Å²) in [5.41, 5.74) is 0.882. The van der Waals surface area contributed by atoms with Crippen LogP contribution in [0.15, 0.2) is 53.4 Å². The molecule has 1 amide bonds. The molecular weight excluding hydrogens is 395 g/mol. The van der Waals surface area contributed by atoms with Crippen LogP contribution in [0.5, 0.6) is 0 Å². The number of halogens is 1. The third-order valence-corrected chi connectivity index (χ3v) is 6.06. The predicted octanol–water partition coefficient (Wildman–Crippen LogP) is 3.91. The lowest BCUT2D eigenvalue weighted by Gasteiger charge is -2.27. The minimum atomic E-state index is -3.87. The number of carbonyl (C=O) groups is 1. The number of nitrogens with one attached hydrogen (secondary N) is 1. The van der Waals surface area contributed by atoms with Gasteiger partial charge in [0.2, 0.25) is 0 Å². The minimum Gasteiger partial charge on any atom is -0.345 e. The molecule has 0 spiro atoms. The SMILES string of the molecule is CON(C)S(=O)(=O)c1cccc(C(=O)NC(CC(C)(C)C)c2ccc(F)cc2)c1. The fraction of sp³-hybridized carbons (Fsp3) is 0.381. The van der Waals surface area contributed by atoms with Gasteiger partial charge in [-0.15, -0.1) is 0 Å². The van der Waals surface area contributed by atoms with Crippen LogP contribution in [-0.4, -0.2) is 33.0 Å². The number of hydroxylamine groups is 1. The molecule has 0 aliphatic heterocycles. The Hall–Kier alpha value is -2.29. The summed E-state index contributed by atoms with van der Waals surface area (Å²) < 4.78 is 38.9. The third kappa shape index (κ3) is 6.09. The Morgan fingerprint density at radius 1 is 1.17 bits per heavy atom. The molecule has 1 N–H and O–H groups in total. The van der Waals surface area contributed by atoms with Crippen LogP contribution in [0.25, 0.3) is 0 Å². The number of benzene rings is 2. The molecule has 0 radical (unpaired) electrons. The molecule has 0 bridgehead atoms. The molecule has 8 heteroatoms. The van der Waals surface area contributed by atoms with Crippen LogP contribution in [0.2, 0.25) is 0 Å². The van der Waals surface area contributed by atoms with Gasteiger partial charge in [0.15, 0.2) is 0 Å². The van der Waals surface area contributed by atoms with E-state index in [2.05, 4.69) is 5.32 Å². The van der Waals surface area contributed by atoms with E-state index in [1.165, 1.54) is 44.5 Å². The molecule has 0 aliphatic carbocycles. The van der Waals surface area contributed by atoms with Gasteiger partial charge >= 0.3 is 0 Å². The maximum Gasteiger partial charge on any atom is 0.264 e. The number of rotatable bonds is 7. The summed E-state index contributed by atoms with van der Waals surface area (Å²) in [6, 6.07) is 11.4. The zero-order chi connectivity index (χ0) is 21.8. The standard InChI is InChI=1S/C21H27FN2O4S/c1-21(2,3)14-19(15-9-11-17(22)12-10-15)23-20(25)16-7-6-8-18(13-16)29(26,27)24(4)28-5/h6-13,19H,14H2,1-5H3,(H,23,25). The fourth-order valence-electron chi connectivity index (χ4n) is 2.85. The maximum absolute atomic E-state index is 13.3. The van der Waals surface area contributed by atoms with E-state index in [4.69, 9.17) is 4.84 Å². The Bertz CT molecular complexity index is 953. The normalized spacial score (nSPS) is 13.3. The van der Waals surface area contributed by atoms with Crippen molar-refractivity contribution in [1.82, 2.24) is 9.79 Å². The van der Waals surface area contributed by atoms with Crippen molar-refractivity contribution in [1.29, 1.82) is 0 Å². The highest BCUT2D eigenvalue weighted by Gasteiger charge is 2.25. The van der Waals surface area contributed by atoms with E-state index in [9.17, 15) is 17.6 Å². The molecule has 158 valence electrons. The zero-order valence-electron chi connectivity index (χ0n) is 17.3. The van der Waals surface area contributed by atoms with Crippen molar-refractivity contribution in [2.45, 2.75) is 38.1 Å². The molecule has 1 atom stereocenters. The molecule has 2 aromatic rings. The van der Waals surface area contributed by atoms with Gasteiger partial charge in [-0.05, 0) is 47.7 Å². The smallest absolute Gasteiger partial charge is 0.264 e. The first-order valence-electron chi connectivity index (χ1n) is 9.13. The molecule has 0 aromatic heterocycles. The van der Waals surface area contributed by atoms with E-state index >= 15 is 0 Å². The number of amides is 1. The monoisotopic (exact) mass is 422 g/mol. The van der Waals surface area contributed by atoms with Crippen LogP contribution in [0, 0.1) is 11.2 Å². The molecule has 2 aromatic carbocycles. The van der Waals surface area contributed by atoms with Crippen LogP contribution < -0.4 is 5.32 Å². The van der Waals surface area contributed by atoms with E-state index in [0.717, 1.165) is 10.0 Å². The van der Waals surface area contributed by atoms with Crippen LogP contribution in [0.1, 0.15) is 49.2 Å². The highest BCUT2D eigenvalue weighted by Crippen LogP contribution is 2.30. The molecular formula is C21H27FN2O4S. The number of hydrogen-bond donors (Lipinski definition) is 1. The third-order valence-electron chi connectivity index (χ3n) is 4.38. The Balaban J connectivity index is 2.32. The molecule has 2 rings (SSSR count). The first-order valence-corrected chi connectivity index (χ1v) is 10.6. The summed E-state index contributed by atoms with van der Waals surface area (Å²) in [5.74, 6) is -0.768. The number of hydrogen-bond acceptors (Lipinski definition) is 4. The van der Waals surface area contributed by atoms with Gasteiger partial charge in [-0.2, -0.15) is 0 Å². The van der Waals surface area contributed by atoms with Crippen LogP contribution in [0.4, 0.5) is 4.39 Å². The highest BCUT2D eigenvalue weighted by molar-refractivity contribution is 7.89. The first-order chi connectivity index (χ1) is 13.4. The average molecular weight is 423 g/mol. The summed E-state index contributed by atoms with van der Waals surface area (Å²) in [6.45, 7) is 6.14. The topological polar surface area (TPSA) is 75.7 Å². The second kappa shape index (κ2) is 9.02. The number of sulfonamides is 1. The maximum atomic E-state index is 13.3. The van der Waals surface area contributed by atoms with Crippen LogP contribution in [0.3, 0.4) is 0 Å². The zero-order valence-corrected chi connectivity index (χ0v) is 18.1. The second-order valence-electron chi connectivity index (χ2n) is 7.97. The van der Waals surface area contributed by atoms with Gasteiger partial charge in [-0.1, -0.05) is 43.4 Å². The predicted molar refractivity (Wildman–Crippen MR) is 109 cm³/mol. The van der Waals surface area contributed by atoms with Crippen molar-refractivity contribution in [2.24, 2.45) is 5.41 Å². The van der Waals surface area contributed by atoms with Crippen molar-refractivity contribution in [3.05, 3.63) is 65.5 Å². The van der Waals surface area contributed by atoms with E-state index in [1.54, 1.807) is 18.2 Å². The van der Waals surface area contributed by atoms with Crippen LogP contribution >= 0.6 is 0 Å². The summed E-state index contributed by atoms with van der Waals surface area (Å²) in [5, 5.41) is 2.95. The molecule has 0 heterocycles. The Morgan fingerprint density at radius 2 is 1.79 bits per heavy atom. The lowest BCUT2D eigenvalue weighted by molar-refractivity contribution is -0.0258. The Morgan fingerprint density at radius 3 is 2.34 bits per heavy atom. The lowest BCUT2D eigenvalue weighted by Crippen LogP contribution is -2.31. The highest BCUT2D eigenvalue weighted by atomic mass is 32.2. The van der Waals surface area contributed by atoms with Gasteiger partial charge < -0.3 is 5.32 Å².